The van der Waals surface area contributed by atoms with Crippen LogP contribution < -0.4 is 0 Å². The number of carbonyl (C=O) groups excluding carboxylic acids is 1. The number of carbonyl (C=O) groups is 2. The van der Waals surface area contributed by atoms with Crippen LogP contribution in [-0.4, -0.2) is 44.5 Å². The van der Waals surface area contributed by atoms with Gasteiger partial charge in [-0.15, -0.1) is 11.8 Å². The van der Waals surface area contributed by atoms with E-state index in [1.807, 2.05) is 12.2 Å². The van der Waals surface area contributed by atoms with Gasteiger partial charge in [0.2, 0.25) is 0 Å². The van der Waals surface area contributed by atoms with E-state index in [9.17, 15) is 19.8 Å². The SMILES string of the molecule is CCCC1(C(O)C/C=C/[C@H]2C(O)CC(=O)C2SCc2ccc(C(=O)O)cc2)CCC1. The number of carboxylic acids is 1. The summed E-state index contributed by atoms with van der Waals surface area (Å²) >= 11 is 1.49. The summed E-state index contributed by atoms with van der Waals surface area (Å²) in [6, 6.07) is 6.66. The number of hydrogen-bond donors (Lipinski definition) is 3. The van der Waals surface area contributed by atoms with Crippen molar-refractivity contribution in [3.05, 3.63) is 47.5 Å². The van der Waals surface area contributed by atoms with Crippen molar-refractivity contribution in [2.75, 3.05) is 0 Å². The van der Waals surface area contributed by atoms with Crippen molar-refractivity contribution in [3.63, 3.8) is 0 Å². The molecule has 0 heterocycles. The molecular weight excluding hydrogens is 400 g/mol. The highest BCUT2D eigenvalue weighted by Gasteiger charge is 2.42. The highest BCUT2D eigenvalue weighted by atomic mass is 32.2. The molecule has 0 amide bonds. The van der Waals surface area contributed by atoms with Crippen molar-refractivity contribution >= 4 is 23.5 Å². The van der Waals surface area contributed by atoms with Crippen molar-refractivity contribution in [2.45, 2.75) is 75.1 Å². The monoisotopic (exact) mass is 432 g/mol. The Labute approximate surface area is 182 Å². The van der Waals surface area contributed by atoms with Gasteiger partial charge in [0.15, 0.2) is 0 Å². The van der Waals surface area contributed by atoms with Crippen LogP contribution in [0.1, 0.15) is 67.8 Å². The van der Waals surface area contributed by atoms with E-state index >= 15 is 0 Å². The molecule has 0 saturated heterocycles. The smallest absolute Gasteiger partial charge is 0.335 e. The van der Waals surface area contributed by atoms with Gasteiger partial charge in [-0.25, -0.2) is 4.79 Å². The zero-order valence-electron chi connectivity index (χ0n) is 17.5. The van der Waals surface area contributed by atoms with Crippen molar-refractivity contribution in [3.8, 4) is 0 Å². The van der Waals surface area contributed by atoms with Crippen molar-refractivity contribution < 1.29 is 24.9 Å². The number of thioether (sulfide) groups is 1. The first-order chi connectivity index (χ1) is 14.4. The van der Waals surface area contributed by atoms with Crippen LogP contribution in [0.5, 0.6) is 0 Å². The number of carboxylic acid groups (broad SMARTS) is 1. The highest BCUT2D eigenvalue weighted by molar-refractivity contribution is 7.99. The van der Waals surface area contributed by atoms with Crippen LogP contribution in [0.3, 0.4) is 0 Å². The lowest BCUT2D eigenvalue weighted by Crippen LogP contribution is -2.41. The maximum absolute atomic E-state index is 12.4. The maximum Gasteiger partial charge on any atom is 0.335 e. The first-order valence-corrected chi connectivity index (χ1v) is 11.9. The molecule has 0 spiro atoms. The summed E-state index contributed by atoms with van der Waals surface area (Å²) < 4.78 is 0. The standard InChI is InChI=1S/C24H32O5S/c1-2-11-24(12-4-13-24)21(27)6-3-5-18-19(25)14-20(26)22(18)30-15-16-7-9-17(10-8-16)23(28)29/h3,5,7-10,18-19,21-22,25,27H,2,4,6,11-15H2,1H3,(H,28,29)/b5-3+/t18-,19?,21?,22?/m0/s1. The number of hydrogen-bond acceptors (Lipinski definition) is 5. The number of aliphatic hydroxyl groups excluding tert-OH is 2. The molecule has 3 unspecified atom stereocenters. The molecule has 2 aliphatic rings. The molecular formula is C24H32O5S. The van der Waals surface area contributed by atoms with Crippen LogP contribution in [-0.2, 0) is 10.5 Å². The fourth-order valence-electron chi connectivity index (χ4n) is 4.73. The Balaban J connectivity index is 1.58. The highest BCUT2D eigenvalue weighted by Crippen LogP contribution is 2.48. The molecule has 3 rings (SSSR count). The van der Waals surface area contributed by atoms with Gasteiger partial charge < -0.3 is 15.3 Å². The third-order valence-corrected chi connectivity index (χ3v) is 8.11. The lowest BCUT2D eigenvalue weighted by atomic mass is 9.62. The van der Waals surface area contributed by atoms with Gasteiger partial charge in [0.25, 0.3) is 0 Å². The summed E-state index contributed by atoms with van der Waals surface area (Å²) in [5.41, 5.74) is 1.24. The second kappa shape index (κ2) is 10.1. The third-order valence-electron chi connectivity index (χ3n) is 6.67. The van der Waals surface area contributed by atoms with E-state index in [0.29, 0.717) is 12.2 Å². The third kappa shape index (κ3) is 5.16. The molecule has 6 heteroatoms. The molecule has 0 radical (unpaired) electrons. The minimum absolute atomic E-state index is 0.0475. The van der Waals surface area contributed by atoms with Crippen LogP contribution >= 0.6 is 11.8 Å². The molecule has 5 nitrogen and oxygen atoms in total. The summed E-state index contributed by atoms with van der Waals surface area (Å²) in [4.78, 5) is 23.4. The zero-order valence-corrected chi connectivity index (χ0v) is 18.3. The predicted octanol–water partition coefficient (Wildman–Crippen LogP) is 4.21. The molecule has 164 valence electrons. The molecule has 4 atom stereocenters. The van der Waals surface area contributed by atoms with E-state index in [0.717, 1.165) is 31.2 Å². The zero-order chi connectivity index (χ0) is 21.7. The molecule has 0 aliphatic heterocycles. The lowest BCUT2D eigenvalue weighted by molar-refractivity contribution is -0.117. The minimum atomic E-state index is -0.960. The van der Waals surface area contributed by atoms with Crippen LogP contribution in [0.2, 0.25) is 0 Å². The summed E-state index contributed by atoms with van der Waals surface area (Å²) in [6.45, 7) is 2.15. The number of benzene rings is 1. The van der Waals surface area contributed by atoms with Crippen molar-refractivity contribution in [2.24, 2.45) is 11.3 Å². The van der Waals surface area contributed by atoms with Crippen LogP contribution in [0.4, 0.5) is 0 Å². The fraction of sp³-hybridized carbons (Fsp3) is 0.583. The Bertz CT molecular complexity index is 768. The molecule has 0 bridgehead atoms. The van der Waals surface area contributed by atoms with Crippen LogP contribution in [0.15, 0.2) is 36.4 Å². The van der Waals surface area contributed by atoms with Gasteiger partial charge in [-0.2, -0.15) is 0 Å². The molecule has 3 N–H and O–H groups in total. The normalized spacial score (nSPS) is 26.6. The van der Waals surface area contributed by atoms with Crippen molar-refractivity contribution in [1.82, 2.24) is 0 Å². The maximum atomic E-state index is 12.4. The Hall–Kier alpha value is -1.63. The summed E-state index contributed by atoms with van der Waals surface area (Å²) in [6.07, 6.45) is 9.00. The summed E-state index contributed by atoms with van der Waals surface area (Å²) in [5, 5.41) is 29.7. The summed E-state index contributed by atoms with van der Waals surface area (Å²) in [7, 11) is 0. The lowest BCUT2D eigenvalue weighted by Gasteiger charge is -2.45. The Morgan fingerprint density at radius 3 is 2.57 bits per heavy atom. The van der Waals surface area contributed by atoms with Gasteiger partial charge in [0.05, 0.1) is 23.0 Å². The van der Waals surface area contributed by atoms with Crippen LogP contribution in [0, 0.1) is 11.3 Å². The van der Waals surface area contributed by atoms with E-state index in [2.05, 4.69) is 6.92 Å². The molecule has 1 aromatic rings. The Kier molecular flexibility index (Phi) is 7.77. The number of aromatic carboxylic acids is 1. The fourth-order valence-corrected chi connectivity index (χ4v) is 6.07. The first kappa shape index (κ1) is 23.0. The topological polar surface area (TPSA) is 94.8 Å². The number of aliphatic hydroxyl groups is 2. The van der Waals surface area contributed by atoms with Gasteiger partial charge in [0, 0.05) is 18.1 Å². The van der Waals surface area contributed by atoms with E-state index in [-0.39, 0.29) is 40.5 Å². The average molecular weight is 433 g/mol. The van der Waals surface area contributed by atoms with E-state index in [4.69, 9.17) is 5.11 Å². The molecule has 2 aliphatic carbocycles. The quantitative estimate of drug-likeness (QED) is 0.479. The molecule has 2 fully saturated rings. The molecule has 1 aromatic carbocycles. The van der Waals surface area contributed by atoms with E-state index < -0.39 is 12.1 Å². The molecule has 2 saturated carbocycles. The number of ketones is 1. The van der Waals surface area contributed by atoms with Gasteiger partial charge in [-0.1, -0.05) is 44.1 Å². The minimum Gasteiger partial charge on any atom is -0.478 e. The molecule has 30 heavy (non-hydrogen) atoms. The van der Waals surface area contributed by atoms with E-state index in [1.165, 1.54) is 18.2 Å². The molecule has 0 aromatic heterocycles. The largest absolute Gasteiger partial charge is 0.478 e. The Morgan fingerprint density at radius 2 is 2.00 bits per heavy atom. The summed E-state index contributed by atoms with van der Waals surface area (Å²) in [5.74, 6) is -0.587. The van der Waals surface area contributed by atoms with E-state index in [1.54, 1.807) is 24.3 Å². The predicted molar refractivity (Wildman–Crippen MR) is 119 cm³/mol. The van der Waals surface area contributed by atoms with Crippen LogP contribution in [0.25, 0.3) is 0 Å². The van der Waals surface area contributed by atoms with Gasteiger partial charge >= 0.3 is 5.97 Å². The second-order valence-corrected chi connectivity index (χ2v) is 9.82. The number of Topliss-reactive ketones (excluding diaryl/α,β-unsaturated/α-hetero) is 1. The first-order valence-electron chi connectivity index (χ1n) is 10.9. The van der Waals surface area contributed by atoms with Gasteiger partial charge in [-0.3, -0.25) is 4.79 Å². The second-order valence-electron chi connectivity index (χ2n) is 8.69. The van der Waals surface area contributed by atoms with Gasteiger partial charge in [-0.05, 0) is 48.8 Å². The number of rotatable bonds is 10. The van der Waals surface area contributed by atoms with Gasteiger partial charge in [0.1, 0.15) is 5.78 Å². The Morgan fingerprint density at radius 1 is 1.30 bits per heavy atom. The van der Waals surface area contributed by atoms with Crippen molar-refractivity contribution in [1.29, 1.82) is 0 Å². The average Bonchev–Trinajstić information content (AvgIpc) is 2.95.